The highest BCUT2D eigenvalue weighted by Crippen LogP contribution is 2.29. The van der Waals surface area contributed by atoms with Gasteiger partial charge in [0.05, 0.1) is 10.7 Å². The number of halogens is 3. The van der Waals surface area contributed by atoms with Crippen molar-refractivity contribution in [3.05, 3.63) is 37.3 Å². The highest BCUT2D eigenvalue weighted by Gasteiger charge is 2.04. The third-order valence-electron chi connectivity index (χ3n) is 1.65. The lowest BCUT2D eigenvalue weighted by atomic mass is 10.3. The van der Waals surface area contributed by atoms with Crippen LogP contribution in [-0.4, -0.2) is 4.98 Å². The van der Waals surface area contributed by atoms with Crippen LogP contribution in [0.2, 0.25) is 10.2 Å². The SMILES string of the molecule is Clc1csc(Nc2ccc(I)cc2Cl)n1. The average molecular weight is 371 g/mol. The van der Waals surface area contributed by atoms with E-state index in [1.807, 2.05) is 18.2 Å². The molecule has 1 aromatic carbocycles. The van der Waals surface area contributed by atoms with Gasteiger partial charge < -0.3 is 5.32 Å². The van der Waals surface area contributed by atoms with Gasteiger partial charge in [-0.3, -0.25) is 0 Å². The van der Waals surface area contributed by atoms with E-state index in [-0.39, 0.29) is 0 Å². The van der Waals surface area contributed by atoms with Crippen LogP contribution in [0, 0.1) is 3.57 Å². The van der Waals surface area contributed by atoms with Crippen molar-refractivity contribution in [1.82, 2.24) is 4.98 Å². The van der Waals surface area contributed by atoms with Crippen LogP contribution in [0.4, 0.5) is 10.8 Å². The zero-order valence-corrected chi connectivity index (χ0v) is 11.8. The van der Waals surface area contributed by atoms with E-state index >= 15 is 0 Å². The topological polar surface area (TPSA) is 24.9 Å². The summed E-state index contributed by atoms with van der Waals surface area (Å²) < 4.78 is 1.10. The molecule has 1 N–H and O–H groups in total. The fourth-order valence-corrected chi connectivity index (χ4v) is 2.77. The number of nitrogens with zero attached hydrogens (tertiary/aromatic N) is 1. The summed E-state index contributed by atoms with van der Waals surface area (Å²) in [4.78, 5) is 4.08. The van der Waals surface area contributed by atoms with Crippen molar-refractivity contribution in [2.24, 2.45) is 0 Å². The predicted octanol–water partition coefficient (Wildman–Crippen LogP) is 4.80. The van der Waals surface area contributed by atoms with Crippen molar-refractivity contribution in [3.63, 3.8) is 0 Å². The second-order valence-electron chi connectivity index (χ2n) is 2.72. The molecular formula is C9H5Cl2IN2S. The fourth-order valence-electron chi connectivity index (χ4n) is 1.02. The summed E-state index contributed by atoms with van der Waals surface area (Å²) in [7, 11) is 0. The Morgan fingerprint density at radius 2 is 2.13 bits per heavy atom. The maximum atomic E-state index is 6.06. The molecule has 0 unspecified atom stereocenters. The molecule has 15 heavy (non-hydrogen) atoms. The van der Waals surface area contributed by atoms with Crippen LogP contribution in [0.5, 0.6) is 0 Å². The summed E-state index contributed by atoms with van der Waals surface area (Å²) in [5.74, 6) is 0. The zero-order chi connectivity index (χ0) is 10.8. The van der Waals surface area contributed by atoms with E-state index in [1.54, 1.807) is 5.38 Å². The lowest BCUT2D eigenvalue weighted by Crippen LogP contribution is -1.90. The molecule has 0 radical (unpaired) electrons. The molecule has 1 aromatic heterocycles. The number of rotatable bonds is 2. The minimum Gasteiger partial charge on any atom is -0.330 e. The first-order chi connectivity index (χ1) is 7.15. The number of hydrogen-bond donors (Lipinski definition) is 1. The van der Waals surface area contributed by atoms with Crippen molar-refractivity contribution in [2.75, 3.05) is 5.32 Å². The summed E-state index contributed by atoms with van der Waals surface area (Å²) in [5.41, 5.74) is 0.836. The predicted molar refractivity (Wildman–Crippen MR) is 74.6 cm³/mol. The molecule has 0 spiro atoms. The second kappa shape index (κ2) is 4.86. The van der Waals surface area contributed by atoms with E-state index < -0.39 is 0 Å². The van der Waals surface area contributed by atoms with Gasteiger partial charge in [0.1, 0.15) is 5.15 Å². The molecule has 0 aliphatic carbocycles. The van der Waals surface area contributed by atoms with E-state index in [1.165, 1.54) is 11.3 Å². The van der Waals surface area contributed by atoms with Crippen molar-refractivity contribution >= 4 is 67.9 Å². The minimum atomic E-state index is 0.490. The molecule has 0 saturated carbocycles. The van der Waals surface area contributed by atoms with Gasteiger partial charge in [0, 0.05) is 8.95 Å². The van der Waals surface area contributed by atoms with Crippen LogP contribution in [0.1, 0.15) is 0 Å². The third-order valence-corrected chi connectivity index (χ3v) is 3.71. The molecule has 6 heteroatoms. The summed E-state index contributed by atoms with van der Waals surface area (Å²) in [6, 6.07) is 5.78. The molecule has 0 saturated heterocycles. The highest BCUT2D eigenvalue weighted by atomic mass is 127. The van der Waals surface area contributed by atoms with Gasteiger partial charge in [-0.15, -0.1) is 11.3 Å². The lowest BCUT2D eigenvalue weighted by molar-refractivity contribution is 1.39. The Balaban J connectivity index is 2.24. The van der Waals surface area contributed by atoms with E-state index in [0.29, 0.717) is 10.2 Å². The average Bonchev–Trinajstić information content (AvgIpc) is 2.56. The number of hydrogen-bond acceptors (Lipinski definition) is 3. The normalized spacial score (nSPS) is 10.3. The molecule has 0 aliphatic heterocycles. The van der Waals surface area contributed by atoms with E-state index in [0.717, 1.165) is 14.4 Å². The summed E-state index contributed by atoms with van der Waals surface area (Å²) in [6.07, 6.45) is 0. The fraction of sp³-hybridized carbons (Fsp3) is 0. The van der Waals surface area contributed by atoms with Crippen LogP contribution < -0.4 is 5.32 Å². The number of benzene rings is 1. The summed E-state index contributed by atoms with van der Waals surface area (Å²) in [5, 5.41) is 6.78. The molecule has 0 aliphatic rings. The van der Waals surface area contributed by atoms with Crippen LogP contribution in [0.3, 0.4) is 0 Å². The molecular weight excluding hydrogens is 366 g/mol. The molecule has 2 aromatic rings. The smallest absolute Gasteiger partial charge is 0.188 e. The van der Waals surface area contributed by atoms with Gasteiger partial charge in [0.2, 0.25) is 0 Å². The number of aromatic nitrogens is 1. The zero-order valence-electron chi connectivity index (χ0n) is 7.30. The standard InChI is InChI=1S/C9H5Cl2IN2S/c10-6-3-5(12)1-2-7(6)13-9-14-8(11)4-15-9/h1-4H,(H,13,14). The van der Waals surface area contributed by atoms with Crippen LogP contribution in [0.15, 0.2) is 23.6 Å². The van der Waals surface area contributed by atoms with Crippen LogP contribution >= 0.6 is 57.1 Å². The Hall–Kier alpha value is -0.0400. The Morgan fingerprint density at radius 1 is 1.33 bits per heavy atom. The monoisotopic (exact) mass is 370 g/mol. The summed E-state index contributed by atoms with van der Waals surface area (Å²) in [6.45, 7) is 0. The first kappa shape index (κ1) is 11.4. The first-order valence-corrected chi connectivity index (χ1v) is 6.70. The third kappa shape index (κ3) is 2.96. The molecule has 2 nitrogen and oxygen atoms in total. The summed E-state index contributed by atoms with van der Waals surface area (Å²) >= 11 is 15.4. The van der Waals surface area contributed by atoms with Crippen molar-refractivity contribution < 1.29 is 0 Å². The number of nitrogens with one attached hydrogen (secondary N) is 1. The van der Waals surface area contributed by atoms with Gasteiger partial charge in [-0.2, -0.15) is 0 Å². The van der Waals surface area contributed by atoms with E-state index in [4.69, 9.17) is 23.2 Å². The maximum absolute atomic E-state index is 6.06. The number of thiazole rings is 1. The maximum Gasteiger partial charge on any atom is 0.188 e. The quantitative estimate of drug-likeness (QED) is 0.768. The molecule has 0 amide bonds. The molecule has 78 valence electrons. The van der Waals surface area contributed by atoms with E-state index in [9.17, 15) is 0 Å². The highest BCUT2D eigenvalue weighted by molar-refractivity contribution is 14.1. The first-order valence-electron chi connectivity index (χ1n) is 3.98. The van der Waals surface area contributed by atoms with E-state index in [2.05, 4.69) is 32.9 Å². The van der Waals surface area contributed by atoms with Gasteiger partial charge in [0.15, 0.2) is 5.13 Å². The minimum absolute atomic E-state index is 0.490. The van der Waals surface area contributed by atoms with Crippen LogP contribution in [-0.2, 0) is 0 Å². The lowest BCUT2D eigenvalue weighted by Gasteiger charge is -2.04. The van der Waals surface area contributed by atoms with Crippen molar-refractivity contribution in [1.29, 1.82) is 0 Å². The molecule has 1 heterocycles. The van der Waals surface area contributed by atoms with Gasteiger partial charge in [0.25, 0.3) is 0 Å². The molecule has 0 bridgehead atoms. The van der Waals surface area contributed by atoms with Gasteiger partial charge >= 0.3 is 0 Å². The Morgan fingerprint density at radius 3 is 2.73 bits per heavy atom. The Bertz CT molecular complexity index is 487. The number of anilines is 2. The van der Waals surface area contributed by atoms with Crippen molar-refractivity contribution in [2.45, 2.75) is 0 Å². The van der Waals surface area contributed by atoms with Gasteiger partial charge in [-0.1, -0.05) is 23.2 Å². The van der Waals surface area contributed by atoms with Crippen molar-refractivity contribution in [3.8, 4) is 0 Å². The van der Waals surface area contributed by atoms with Gasteiger partial charge in [-0.25, -0.2) is 4.98 Å². The second-order valence-corrected chi connectivity index (χ2v) is 5.62. The molecule has 0 atom stereocenters. The molecule has 0 fully saturated rings. The Kier molecular flexibility index (Phi) is 3.71. The van der Waals surface area contributed by atoms with Crippen LogP contribution in [0.25, 0.3) is 0 Å². The largest absolute Gasteiger partial charge is 0.330 e. The van der Waals surface area contributed by atoms with Gasteiger partial charge in [-0.05, 0) is 40.8 Å². The Labute approximate surface area is 115 Å². The molecule has 2 rings (SSSR count).